The number of aliphatic hydroxyl groups excluding tert-OH is 1. The van der Waals surface area contributed by atoms with Crippen LogP contribution >= 0.6 is 0 Å². The molecule has 2 saturated carbocycles. The van der Waals surface area contributed by atoms with Crippen molar-refractivity contribution in [1.82, 2.24) is 5.32 Å². The monoisotopic (exact) mass is 729 g/mol. The van der Waals surface area contributed by atoms with Gasteiger partial charge in [0.15, 0.2) is 0 Å². The molecule has 5 unspecified atom stereocenters. The molecule has 2 aromatic carbocycles. The lowest BCUT2D eigenvalue weighted by atomic mass is 9.45. The number of alkyl carbamates (subject to hydrolysis) is 1. The summed E-state index contributed by atoms with van der Waals surface area (Å²) in [4.78, 5) is 69.1. The quantitative estimate of drug-likeness (QED) is 0.152. The highest BCUT2D eigenvalue weighted by Crippen LogP contribution is 2.62. The van der Waals surface area contributed by atoms with E-state index < -0.39 is 76.6 Å². The first kappa shape index (κ1) is 39.9. The molecule has 2 bridgehead atoms. The molecule has 3 aliphatic carbocycles. The van der Waals surface area contributed by atoms with Crippen LogP contribution in [0.25, 0.3) is 0 Å². The van der Waals surface area contributed by atoms with E-state index >= 15 is 0 Å². The van der Waals surface area contributed by atoms with E-state index in [4.69, 9.17) is 14.2 Å². The van der Waals surface area contributed by atoms with Crippen LogP contribution in [0.2, 0.25) is 0 Å². The number of benzene rings is 2. The molecule has 286 valence electrons. The van der Waals surface area contributed by atoms with E-state index in [9.17, 15) is 29.1 Å². The number of carbonyl (C=O) groups excluding carboxylic acids is 5. The van der Waals surface area contributed by atoms with Gasteiger partial charge in [0.25, 0.3) is 0 Å². The van der Waals surface area contributed by atoms with Gasteiger partial charge in [0.05, 0.1) is 30.0 Å². The van der Waals surface area contributed by atoms with Crippen LogP contribution in [0.15, 0.2) is 71.8 Å². The van der Waals surface area contributed by atoms with E-state index in [2.05, 4.69) is 5.32 Å². The Hall–Kier alpha value is -4.31. The second kappa shape index (κ2) is 15.2. The fraction of sp³-hybridized carbons (Fsp3) is 0.558. The zero-order valence-electron chi connectivity index (χ0n) is 32.3. The molecule has 0 radical (unpaired) electrons. The molecule has 0 aliphatic heterocycles. The Morgan fingerprint density at radius 3 is 2.15 bits per heavy atom. The normalized spacial score (nSPS) is 28.7. The van der Waals surface area contributed by atoms with Crippen molar-refractivity contribution in [3.63, 3.8) is 0 Å². The number of allylic oxidation sites excluding steroid dienone is 1. The zero-order valence-corrected chi connectivity index (χ0v) is 32.3. The maximum Gasteiger partial charge on any atom is 0.408 e. The molecule has 2 N–H and O–H groups in total. The molecule has 5 rings (SSSR count). The SMILES string of the molecule is CC(=O)[C@@]1(CO)CCCC2(C)C(=O)CC3=C(C)[C@@H](OC(=O)CC(NC(=O)OC(C)(C)C)c4ccccc4)CC(C(OC(=O)c4ccccc4)C21)C3(C)C. The fourth-order valence-corrected chi connectivity index (χ4v) is 9.31. The van der Waals surface area contributed by atoms with Crippen LogP contribution in [-0.4, -0.2) is 59.1 Å². The van der Waals surface area contributed by atoms with Crippen LogP contribution in [0.3, 0.4) is 0 Å². The Balaban J connectivity index is 1.56. The highest BCUT2D eigenvalue weighted by atomic mass is 16.6. The van der Waals surface area contributed by atoms with E-state index in [1.165, 1.54) is 6.92 Å². The van der Waals surface area contributed by atoms with Gasteiger partial charge < -0.3 is 24.6 Å². The highest BCUT2D eigenvalue weighted by Gasteiger charge is 2.65. The first-order valence-electron chi connectivity index (χ1n) is 18.7. The number of fused-ring (bicyclic) bond motifs is 3. The number of ether oxygens (including phenoxy) is 3. The lowest BCUT2D eigenvalue weighted by Gasteiger charge is -2.59. The Morgan fingerprint density at radius 2 is 1.57 bits per heavy atom. The van der Waals surface area contributed by atoms with Crippen LogP contribution in [0.5, 0.6) is 0 Å². The number of carbonyl (C=O) groups is 5. The predicted molar refractivity (Wildman–Crippen MR) is 199 cm³/mol. The van der Waals surface area contributed by atoms with Gasteiger partial charge in [0.1, 0.15) is 29.4 Å². The number of hydrogen-bond donors (Lipinski definition) is 2. The van der Waals surface area contributed by atoms with Crippen molar-refractivity contribution < 1.29 is 43.3 Å². The number of hydrogen-bond acceptors (Lipinski definition) is 9. The van der Waals surface area contributed by atoms with Gasteiger partial charge in [-0.25, -0.2) is 9.59 Å². The fourth-order valence-electron chi connectivity index (χ4n) is 9.31. The van der Waals surface area contributed by atoms with Gasteiger partial charge in [-0.3, -0.25) is 14.4 Å². The standard InChI is InChI=1S/C43H55NO9/c1-26-30-23-34(47)42(8)20-15-21-43(25-45,27(2)46)37(42)36(52-38(49)29-18-13-10-14-19-29)31(41(30,6)7)22-33(26)51-35(48)24-32(28-16-11-9-12-17-28)44-39(50)53-40(3,4)5/h9-14,16-19,31-33,36-37,45H,15,20-25H2,1-8H3,(H,44,50)/t31?,32?,33-,36?,37?,42?,43-/m0/s1. The molecule has 1 amide bonds. The third-order valence-electron chi connectivity index (χ3n) is 12.2. The summed E-state index contributed by atoms with van der Waals surface area (Å²) < 4.78 is 18.3. The highest BCUT2D eigenvalue weighted by molar-refractivity contribution is 5.92. The first-order chi connectivity index (χ1) is 24.8. The minimum Gasteiger partial charge on any atom is -0.458 e. The second-order valence-corrected chi connectivity index (χ2v) is 17.0. The van der Waals surface area contributed by atoms with E-state index in [0.29, 0.717) is 30.4 Å². The molecule has 2 fully saturated rings. The average molecular weight is 730 g/mol. The van der Waals surface area contributed by atoms with E-state index in [1.54, 1.807) is 51.1 Å². The van der Waals surface area contributed by atoms with Gasteiger partial charge in [0.2, 0.25) is 0 Å². The number of aliphatic hydroxyl groups is 1. The Labute approximate surface area is 313 Å². The first-order valence-corrected chi connectivity index (χ1v) is 18.7. The topological polar surface area (TPSA) is 145 Å². The van der Waals surface area contributed by atoms with Crippen molar-refractivity contribution in [2.75, 3.05) is 6.61 Å². The van der Waals surface area contributed by atoms with Crippen molar-refractivity contribution in [1.29, 1.82) is 0 Å². The minimum atomic E-state index is -1.32. The molecule has 7 atom stereocenters. The molecule has 2 aromatic rings. The zero-order chi connectivity index (χ0) is 38.9. The summed E-state index contributed by atoms with van der Waals surface area (Å²) in [5.41, 5.74) is -1.27. The maximum absolute atomic E-state index is 14.7. The Bertz CT molecular complexity index is 1740. The van der Waals surface area contributed by atoms with Crippen LogP contribution in [0.4, 0.5) is 4.79 Å². The number of esters is 2. The molecule has 0 heterocycles. The molecule has 10 nitrogen and oxygen atoms in total. The number of rotatable bonds is 9. The van der Waals surface area contributed by atoms with Gasteiger partial charge >= 0.3 is 18.0 Å². The van der Waals surface area contributed by atoms with Crippen molar-refractivity contribution in [2.45, 2.75) is 118 Å². The summed E-state index contributed by atoms with van der Waals surface area (Å²) in [6, 6.07) is 16.9. The second-order valence-electron chi connectivity index (χ2n) is 17.0. The summed E-state index contributed by atoms with van der Waals surface area (Å²) in [5, 5.41) is 13.9. The largest absolute Gasteiger partial charge is 0.458 e. The maximum atomic E-state index is 14.7. The summed E-state index contributed by atoms with van der Waals surface area (Å²) in [6.07, 6.45) is -0.928. The smallest absolute Gasteiger partial charge is 0.408 e. The van der Waals surface area contributed by atoms with Gasteiger partial charge in [-0.05, 0) is 82.6 Å². The van der Waals surface area contributed by atoms with Crippen molar-refractivity contribution in [3.05, 3.63) is 82.9 Å². The molecular formula is C43H55NO9. The lowest BCUT2D eigenvalue weighted by molar-refractivity contribution is -0.180. The molecule has 53 heavy (non-hydrogen) atoms. The summed E-state index contributed by atoms with van der Waals surface area (Å²) in [7, 11) is 0. The van der Waals surface area contributed by atoms with Gasteiger partial charge in [-0.2, -0.15) is 0 Å². The summed E-state index contributed by atoms with van der Waals surface area (Å²) in [5.74, 6) is -2.85. The van der Waals surface area contributed by atoms with E-state index in [0.717, 1.165) is 11.1 Å². The van der Waals surface area contributed by atoms with Crippen molar-refractivity contribution in [3.8, 4) is 0 Å². The van der Waals surface area contributed by atoms with Gasteiger partial charge in [-0.1, -0.05) is 81.3 Å². The van der Waals surface area contributed by atoms with Crippen LogP contribution in [0, 0.1) is 28.1 Å². The van der Waals surface area contributed by atoms with Crippen molar-refractivity contribution >= 4 is 29.6 Å². The Morgan fingerprint density at radius 1 is 0.943 bits per heavy atom. The Kier molecular flexibility index (Phi) is 11.4. The van der Waals surface area contributed by atoms with Crippen molar-refractivity contribution in [2.24, 2.45) is 28.1 Å². The predicted octanol–water partition coefficient (Wildman–Crippen LogP) is 7.49. The number of ketones is 2. The van der Waals surface area contributed by atoms with Crippen LogP contribution in [0.1, 0.15) is 116 Å². The number of Topliss-reactive ketones (excluding diaryl/α,β-unsaturated/α-hetero) is 2. The molecule has 0 spiro atoms. The average Bonchev–Trinajstić information content (AvgIpc) is 3.09. The van der Waals surface area contributed by atoms with Crippen LogP contribution < -0.4 is 5.32 Å². The third kappa shape index (κ3) is 7.98. The molecule has 0 aromatic heterocycles. The molecular weight excluding hydrogens is 674 g/mol. The minimum absolute atomic E-state index is 0.0714. The molecule has 0 saturated heterocycles. The van der Waals surface area contributed by atoms with E-state index in [1.807, 2.05) is 58.0 Å². The van der Waals surface area contributed by atoms with Gasteiger partial charge in [0, 0.05) is 23.7 Å². The number of nitrogens with one attached hydrogen (secondary N) is 1. The number of amides is 1. The van der Waals surface area contributed by atoms with Gasteiger partial charge in [-0.15, -0.1) is 0 Å². The van der Waals surface area contributed by atoms with E-state index in [-0.39, 0.29) is 30.8 Å². The summed E-state index contributed by atoms with van der Waals surface area (Å²) in [6.45, 7) is 14.0. The molecule has 3 aliphatic rings. The lowest BCUT2D eigenvalue weighted by Crippen LogP contribution is -2.64. The summed E-state index contributed by atoms with van der Waals surface area (Å²) >= 11 is 0. The molecule has 10 heteroatoms. The third-order valence-corrected chi connectivity index (χ3v) is 12.2. The van der Waals surface area contributed by atoms with Crippen LogP contribution in [-0.2, 0) is 28.6 Å².